The zero-order valence-electron chi connectivity index (χ0n) is 23.4. The molecular weight excluding hydrogens is 590 g/mol. The van der Waals surface area contributed by atoms with Crippen LogP contribution in [-0.4, -0.2) is 48.9 Å². The van der Waals surface area contributed by atoms with Crippen molar-refractivity contribution in [3.05, 3.63) is 92.9 Å². The van der Waals surface area contributed by atoms with Gasteiger partial charge in [-0.15, -0.1) is 0 Å². The van der Waals surface area contributed by atoms with Gasteiger partial charge in [-0.3, -0.25) is 23.7 Å². The van der Waals surface area contributed by atoms with Crippen molar-refractivity contribution in [1.29, 1.82) is 0 Å². The maximum absolute atomic E-state index is 14.1. The summed E-state index contributed by atoms with van der Waals surface area (Å²) < 4.78 is 17.6. The summed E-state index contributed by atoms with van der Waals surface area (Å²) in [6.45, 7) is -0.243. The lowest BCUT2D eigenvalue weighted by Gasteiger charge is -2.31. The molecule has 3 unspecified atom stereocenters. The number of thioether (sulfide) groups is 1. The molecule has 1 N–H and O–H groups in total. The van der Waals surface area contributed by atoms with Gasteiger partial charge in [0.1, 0.15) is 17.5 Å². The highest BCUT2D eigenvalue weighted by atomic mass is 32.2. The largest absolute Gasteiger partial charge is 0.497 e. The van der Waals surface area contributed by atoms with E-state index in [1.807, 2.05) is 12.1 Å². The number of carbonyl (C=O) groups is 3. The number of methoxy groups -OCH3 is 3. The van der Waals surface area contributed by atoms with E-state index in [-0.39, 0.29) is 29.1 Å². The summed E-state index contributed by atoms with van der Waals surface area (Å²) in [6.07, 6.45) is 0. The van der Waals surface area contributed by atoms with Gasteiger partial charge >= 0.3 is 4.87 Å². The number of fused-ring (bicyclic) bond motifs is 2. The van der Waals surface area contributed by atoms with Crippen LogP contribution < -0.4 is 29.3 Å². The predicted octanol–water partition coefficient (Wildman–Crippen LogP) is 4.37. The van der Waals surface area contributed by atoms with E-state index in [9.17, 15) is 19.2 Å². The molecular formula is C31H27N3O7S2. The highest BCUT2D eigenvalue weighted by molar-refractivity contribution is 8.00. The van der Waals surface area contributed by atoms with Crippen LogP contribution in [0, 0.1) is 5.92 Å². The number of benzene rings is 3. The van der Waals surface area contributed by atoms with Gasteiger partial charge in [-0.05, 0) is 54.1 Å². The van der Waals surface area contributed by atoms with Crippen molar-refractivity contribution in [2.45, 2.75) is 22.7 Å². The van der Waals surface area contributed by atoms with Gasteiger partial charge in [0.25, 0.3) is 0 Å². The van der Waals surface area contributed by atoms with Gasteiger partial charge in [0.15, 0.2) is 11.5 Å². The molecule has 1 saturated heterocycles. The first-order valence-corrected chi connectivity index (χ1v) is 15.0. The minimum absolute atomic E-state index is 0.243. The van der Waals surface area contributed by atoms with E-state index in [2.05, 4.69) is 5.32 Å². The minimum atomic E-state index is -0.822. The van der Waals surface area contributed by atoms with Crippen molar-refractivity contribution < 1.29 is 28.6 Å². The zero-order chi connectivity index (χ0) is 30.2. The predicted molar refractivity (Wildman–Crippen MR) is 164 cm³/mol. The molecule has 220 valence electrons. The number of ether oxygens (including phenoxy) is 3. The quantitative estimate of drug-likeness (QED) is 0.290. The molecule has 4 aromatic rings. The molecule has 1 aromatic heterocycles. The molecule has 0 radical (unpaired) electrons. The summed E-state index contributed by atoms with van der Waals surface area (Å²) in [5, 5.41) is 2.49. The first-order valence-electron chi connectivity index (χ1n) is 13.3. The summed E-state index contributed by atoms with van der Waals surface area (Å²) in [6, 6.07) is 21.0. The normalized spacial score (nSPS) is 19.0. The van der Waals surface area contributed by atoms with Crippen LogP contribution in [-0.2, 0) is 20.9 Å². The highest BCUT2D eigenvalue weighted by Crippen LogP contribution is 2.54. The molecule has 2 aliphatic heterocycles. The molecule has 3 amide bonds. The number of hydrogen-bond acceptors (Lipinski definition) is 9. The number of carbonyl (C=O) groups excluding carboxylic acids is 3. The fourth-order valence-electron chi connectivity index (χ4n) is 5.51. The molecule has 12 heteroatoms. The van der Waals surface area contributed by atoms with Crippen LogP contribution in [0.15, 0.2) is 82.6 Å². The Kier molecular flexibility index (Phi) is 7.72. The Morgan fingerprint density at radius 2 is 1.58 bits per heavy atom. The summed E-state index contributed by atoms with van der Waals surface area (Å²) in [7, 11) is 4.59. The van der Waals surface area contributed by atoms with Crippen molar-refractivity contribution in [2.75, 3.05) is 31.5 Å². The molecule has 3 aromatic carbocycles. The molecule has 6 rings (SSSR count). The van der Waals surface area contributed by atoms with Gasteiger partial charge < -0.3 is 19.5 Å². The number of thiazole rings is 1. The molecule has 2 aliphatic rings. The Hall–Kier alpha value is -4.55. The third-order valence-electron chi connectivity index (χ3n) is 7.51. The smallest absolute Gasteiger partial charge is 0.308 e. The fraction of sp³-hybridized carbons (Fsp3) is 0.226. The molecule has 10 nitrogen and oxygen atoms in total. The number of imide groups is 1. The summed E-state index contributed by atoms with van der Waals surface area (Å²) >= 11 is 2.14. The number of aromatic nitrogens is 1. The topological polar surface area (TPSA) is 116 Å². The third kappa shape index (κ3) is 5.06. The van der Waals surface area contributed by atoms with Crippen LogP contribution in [0.25, 0.3) is 0 Å². The monoisotopic (exact) mass is 617 g/mol. The molecule has 0 saturated carbocycles. The second-order valence-corrected chi connectivity index (χ2v) is 12.0. The molecule has 3 heterocycles. The lowest BCUT2D eigenvalue weighted by molar-refractivity contribution is -0.122. The number of anilines is 2. The Balaban J connectivity index is 1.44. The Bertz CT molecular complexity index is 1770. The zero-order valence-corrected chi connectivity index (χ0v) is 25.1. The van der Waals surface area contributed by atoms with E-state index >= 15 is 0 Å². The van der Waals surface area contributed by atoms with Gasteiger partial charge in [0, 0.05) is 16.5 Å². The maximum atomic E-state index is 14.1. The Labute approximate surface area is 255 Å². The highest BCUT2D eigenvalue weighted by Gasteiger charge is 2.57. The van der Waals surface area contributed by atoms with Crippen molar-refractivity contribution >= 4 is 52.2 Å². The van der Waals surface area contributed by atoms with Gasteiger partial charge in [-0.2, -0.15) is 0 Å². The van der Waals surface area contributed by atoms with E-state index in [0.29, 0.717) is 44.1 Å². The van der Waals surface area contributed by atoms with Crippen LogP contribution in [0.5, 0.6) is 17.2 Å². The van der Waals surface area contributed by atoms with Gasteiger partial charge in [0.2, 0.25) is 17.7 Å². The first-order chi connectivity index (χ1) is 20.8. The fourth-order valence-corrected chi connectivity index (χ4v) is 8.29. The number of amides is 3. The maximum Gasteiger partial charge on any atom is 0.308 e. The first kappa shape index (κ1) is 28.6. The van der Waals surface area contributed by atoms with E-state index in [0.717, 1.165) is 23.1 Å². The summed E-state index contributed by atoms with van der Waals surface area (Å²) in [5.41, 5.74) is 1.72. The minimum Gasteiger partial charge on any atom is -0.497 e. The standard InChI is InChI=1S/C31H27N3O7S2/c1-39-20-12-10-19(11-13-20)34-28(36)25-24(17-9-14-21(40-2)22(15-17)41-3)27-30(42-26(25)29(34)37)33(31(38)43-27)16-23(35)32-18-7-5-4-6-8-18/h4-15,24-26H,16H2,1-3H3,(H,32,35). The van der Waals surface area contributed by atoms with Crippen LogP contribution in [0.2, 0.25) is 0 Å². The third-order valence-corrected chi connectivity index (χ3v) is 10.1. The lowest BCUT2D eigenvalue weighted by Crippen LogP contribution is -2.33. The van der Waals surface area contributed by atoms with E-state index in [1.54, 1.807) is 60.7 Å². The van der Waals surface area contributed by atoms with Gasteiger partial charge in [-0.25, -0.2) is 4.90 Å². The average molecular weight is 618 g/mol. The number of nitrogens with one attached hydrogen (secondary N) is 1. The number of rotatable bonds is 8. The van der Waals surface area contributed by atoms with Crippen LogP contribution >= 0.6 is 23.1 Å². The number of hydrogen-bond donors (Lipinski definition) is 1. The Morgan fingerprint density at radius 3 is 2.26 bits per heavy atom. The second-order valence-electron chi connectivity index (χ2n) is 9.90. The van der Waals surface area contributed by atoms with Crippen LogP contribution in [0.4, 0.5) is 11.4 Å². The van der Waals surface area contributed by atoms with E-state index < -0.39 is 17.1 Å². The SMILES string of the molecule is COc1ccc(N2C(=O)C3Sc4c(sc(=O)n4CC(=O)Nc4ccccc4)C(c4ccc(OC)c(OC)c4)C3C2=O)cc1. The summed E-state index contributed by atoms with van der Waals surface area (Å²) in [4.78, 5) is 55.9. The van der Waals surface area contributed by atoms with Crippen LogP contribution in [0.3, 0.4) is 0 Å². The van der Waals surface area contributed by atoms with Crippen molar-refractivity contribution in [2.24, 2.45) is 5.92 Å². The second kappa shape index (κ2) is 11.6. The molecule has 1 fully saturated rings. The molecule has 3 atom stereocenters. The van der Waals surface area contributed by atoms with Crippen LogP contribution in [0.1, 0.15) is 16.4 Å². The Morgan fingerprint density at radius 1 is 0.860 bits per heavy atom. The number of nitrogens with zero attached hydrogens (tertiary/aromatic N) is 2. The average Bonchev–Trinajstić information content (AvgIpc) is 3.47. The number of para-hydroxylation sites is 1. The molecule has 0 spiro atoms. The van der Waals surface area contributed by atoms with Crippen molar-refractivity contribution in [1.82, 2.24) is 4.57 Å². The van der Waals surface area contributed by atoms with E-state index in [4.69, 9.17) is 14.2 Å². The van der Waals surface area contributed by atoms with Crippen molar-refractivity contribution in [3.63, 3.8) is 0 Å². The molecule has 0 aliphatic carbocycles. The molecule has 0 bridgehead atoms. The van der Waals surface area contributed by atoms with Gasteiger partial charge in [0.05, 0.1) is 38.0 Å². The lowest BCUT2D eigenvalue weighted by atomic mass is 9.83. The summed E-state index contributed by atoms with van der Waals surface area (Å²) in [5.74, 6) is -1.02. The van der Waals surface area contributed by atoms with Gasteiger partial charge in [-0.1, -0.05) is 47.4 Å². The van der Waals surface area contributed by atoms with E-state index in [1.165, 1.54) is 30.8 Å². The van der Waals surface area contributed by atoms with Crippen molar-refractivity contribution in [3.8, 4) is 17.2 Å². The molecule has 43 heavy (non-hydrogen) atoms.